The average molecular weight is 422 g/mol. The minimum Gasteiger partial charge on any atom is -0.0894 e. The van der Waals surface area contributed by atoms with Crippen LogP contribution in [0.15, 0.2) is 33.5 Å². The van der Waals surface area contributed by atoms with Gasteiger partial charge in [0.15, 0.2) is 0 Å². The van der Waals surface area contributed by atoms with E-state index in [9.17, 15) is 0 Å². The van der Waals surface area contributed by atoms with E-state index in [0.717, 1.165) is 29.6 Å². The lowest BCUT2D eigenvalue weighted by molar-refractivity contribution is 0.0263. The van der Waals surface area contributed by atoms with Crippen molar-refractivity contribution >= 4 is 22.6 Å². The van der Waals surface area contributed by atoms with Crippen LogP contribution in [0.3, 0.4) is 0 Å². The third-order valence-corrected chi connectivity index (χ3v) is 8.56. The van der Waals surface area contributed by atoms with Crippen molar-refractivity contribution in [3.63, 3.8) is 0 Å². The monoisotopic (exact) mass is 422 g/mol. The van der Waals surface area contributed by atoms with Crippen LogP contribution in [0, 0.1) is 35.0 Å². The Labute approximate surface area is 156 Å². The third kappa shape index (κ3) is 2.60. The van der Waals surface area contributed by atoms with Crippen LogP contribution in [0.4, 0.5) is 0 Å². The lowest BCUT2D eigenvalue weighted by Gasteiger charge is -2.51. The molecule has 0 saturated heterocycles. The van der Waals surface area contributed by atoms with Crippen LogP contribution >= 0.6 is 22.6 Å². The molecule has 4 rings (SSSR count). The van der Waals surface area contributed by atoms with Crippen LogP contribution in [-0.4, -0.2) is 0 Å². The van der Waals surface area contributed by atoms with Gasteiger partial charge in [0.25, 0.3) is 0 Å². The highest BCUT2D eigenvalue weighted by Crippen LogP contribution is 2.64. The van der Waals surface area contributed by atoms with Crippen molar-refractivity contribution in [2.75, 3.05) is 0 Å². The number of halogens is 1. The Morgan fingerprint density at radius 2 is 2.04 bits per heavy atom. The molecule has 0 aliphatic heterocycles. The van der Waals surface area contributed by atoms with Crippen LogP contribution in [-0.2, 0) is 0 Å². The molecule has 0 spiro atoms. The van der Waals surface area contributed by atoms with E-state index in [1.165, 1.54) is 54.9 Å². The van der Waals surface area contributed by atoms with Gasteiger partial charge in [0.05, 0.1) is 0 Å². The van der Waals surface area contributed by atoms with Gasteiger partial charge in [-0.25, -0.2) is 0 Å². The molecule has 6 atom stereocenters. The van der Waals surface area contributed by atoms with Gasteiger partial charge in [-0.15, -0.1) is 0 Å². The van der Waals surface area contributed by atoms with Gasteiger partial charge in [0, 0.05) is 0 Å². The summed E-state index contributed by atoms with van der Waals surface area (Å²) in [5.41, 5.74) is 4.05. The lowest BCUT2D eigenvalue weighted by atomic mass is 9.53. The van der Waals surface area contributed by atoms with Crippen molar-refractivity contribution in [1.82, 2.24) is 0 Å². The molecule has 0 aromatic heterocycles. The van der Waals surface area contributed by atoms with Gasteiger partial charge < -0.3 is 0 Å². The number of hydrogen-bond donors (Lipinski definition) is 0. The van der Waals surface area contributed by atoms with Gasteiger partial charge >= 0.3 is 0 Å². The molecule has 4 aliphatic carbocycles. The van der Waals surface area contributed by atoms with Crippen LogP contribution in [0.2, 0.25) is 0 Å². The lowest BCUT2D eigenvalue weighted by Crippen LogP contribution is -2.43. The van der Waals surface area contributed by atoms with E-state index in [1.54, 1.807) is 11.1 Å². The second-order valence-electron chi connectivity index (χ2n) is 8.94. The van der Waals surface area contributed by atoms with E-state index in [4.69, 9.17) is 0 Å². The average Bonchev–Trinajstić information content (AvgIpc) is 2.74. The van der Waals surface area contributed by atoms with Crippen molar-refractivity contribution in [2.24, 2.45) is 35.0 Å². The zero-order valence-corrected chi connectivity index (χ0v) is 16.9. The fourth-order valence-electron chi connectivity index (χ4n) is 6.69. The van der Waals surface area contributed by atoms with Crippen molar-refractivity contribution in [3.05, 3.63) is 33.5 Å². The van der Waals surface area contributed by atoms with E-state index in [0.29, 0.717) is 5.41 Å². The normalized spacial score (nSPS) is 46.0. The molecule has 126 valence electrons. The van der Waals surface area contributed by atoms with E-state index in [-0.39, 0.29) is 0 Å². The highest BCUT2D eigenvalue weighted by atomic mass is 127. The standard InChI is InChI=1S/C22H31I/c1-14-5-4-6-17-16(13-14)7-8-19-18(17)11-12-22(3)20(15(2)23)9-10-21(19)22/h6,13-14,18-21H,2,4-5,7-12H2,1,3H3/t14-,18?,19?,20+,21?,22+/m0/s1. The quantitative estimate of drug-likeness (QED) is 0.397. The van der Waals surface area contributed by atoms with Gasteiger partial charge in [0.2, 0.25) is 0 Å². The highest BCUT2D eigenvalue weighted by molar-refractivity contribution is 14.1. The smallest absolute Gasteiger partial charge is 0.00529 e. The predicted octanol–water partition coefficient (Wildman–Crippen LogP) is 7.07. The number of fused-ring (bicyclic) bond motifs is 5. The first-order valence-electron chi connectivity index (χ1n) is 9.76. The molecule has 0 heterocycles. The fraction of sp³-hybridized carbons (Fsp3) is 0.727. The Hall–Kier alpha value is -0.0500. The number of allylic oxidation sites excluding steroid dienone is 5. The molecule has 1 heteroatoms. The van der Waals surface area contributed by atoms with Crippen LogP contribution in [0.25, 0.3) is 0 Å². The summed E-state index contributed by atoms with van der Waals surface area (Å²) >= 11 is 2.51. The summed E-state index contributed by atoms with van der Waals surface area (Å²) in [5, 5.41) is 0. The maximum atomic E-state index is 4.33. The third-order valence-electron chi connectivity index (χ3n) is 7.80. The summed E-state index contributed by atoms with van der Waals surface area (Å²) in [6, 6.07) is 0. The Bertz CT molecular complexity index is 569. The van der Waals surface area contributed by atoms with Crippen molar-refractivity contribution in [1.29, 1.82) is 0 Å². The van der Waals surface area contributed by atoms with Gasteiger partial charge in [-0.05, 0) is 124 Å². The topological polar surface area (TPSA) is 0 Å². The first kappa shape index (κ1) is 16.4. The van der Waals surface area contributed by atoms with E-state index in [2.05, 4.69) is 55.2 Å². The van der Waals surface area contributed by atoms with Gasteiger partial charge in [0.1, 0.15) is 0 Å². The van der Waals surface area contributed by atoms with Gasteiger partial charge in [-0.1, -0.05) is 32.6 Å². The predicted molar refractivity (Wildman–Crippen MR) is 107 cm³/mol. The molecule has 23 heavy (non-hydrogen) atoms. The molecular weight excluding hydrogens is 391 g/mol. The van der Waals surface area contributed by atoms with Crippen LogP contribution in [0.5, 0.6) is 0 Å². The maximum absolute atomic E-state index is 4.33. The minimum atomic E-state index is 0.541. The molecule has 0 aromatic rings. The summed E-state index contributed by atoms with van der Waals surface area (Å²) < 4.78 is 1.42. The molecular formula is C22H31I. The Morgan fingerprint density at radius 3 is 2.83 bits per heavy atom. The van der Waals surface area contributed by atoms with Crippen molar-refractivity contribution in [2.45, 2.75) is 65.2 Å². The summed E-state index contributed by atoms with van der Waals surface area (Å²) in [6.07, 6.45) is 16.4. The molecule has 0 aromatic carbocycles. The van der Waals surface area contributed by atoms with E-state index >= 15 is 0 Å². The molecule has 0 nitrogen and oxygen atoms in total. The molecule has 0 amide bonds. The number of hydrogen-bond acceptors (Lipinski definition) is 0. The fourth-order valence-corrected chi connectivity index (χ4v) is 7.71. The second kappa shape index (κ2) is 6.04. The zero-order valence-electron chi connectivity index (χ0n) is 14.8. The minimum absolute atomic E-state index is 0.541. The van der Waals surface area contributed by atoms with Crippen molar-refractivity contribution < 1.29 is 0 Å². The molecule has 0 N–H and O–H groups in total. The number of rotatable bonds is 1. The first-order chi connectivity index (χ1) is 11.0. The SMILES string of the molecule is C=C(I)[C@H]1CCC2C3CCC4=C[C@@H](C)CCC=C4C3CC[C@@]21C. The van der Waals surface area contributed by atoms with E-state index < -0.39 is 0 Å². The zero-order chi connectivity index (χ0) is 16.2. The summed E-state index contributed by atoms with van der Waals surface area (Å²) in [4.78, 5) is 0. The summed E-state index contributed by atoms with van der Waals surface area (Å²) in [7, 11) is 0. The largest absolute Gasteiger partial charge is 0.0894 e. The Morgan fingerprint density at radius 1 is 1.22 bits per heavy atom. The highest BCUT2D eigenvalue weighted by Gasteiger charge is 2.55. The van der Waals surface area contributed by atoms with Crippen LogP contribution in [0.1, 0.15) is 65.2 Å². The summed E-state index contributed by atoms with van der Waals surface area (Å²) in [5.74, 6) is 4.32. The molecule has 0 bridgehead atoms. The van der Waals surface area contributed by atoms with Gasteiger partial charge in [-0.3, -0.25) is 0 Å². The molecule has 4 aliphatic rings. The molecule has 3 fully saturated rings. The first-order valence-corrected chi connectivity index (χ1v) is 10.8. The molecule has 0 radical (unpaired) electrons. The van der Waals surface area contributed by atoms with Crippen LogP contribution < -0.4 is 0 Å². The Balaban J connectivity index is 1.64. The second-order valence-corrected chi connectivity index (χ2v) is 10.3. The maximum Gasteiger partial charge on any atom is -0.00529 e. The molecule has 3 saturated carbocycles. The van der Waals surface area contributed by atoms with E-state index in [1.807, 2.05) is 0 Å². The molecule has 3 unspecified atom stereocenters. The van der Waals surface area contributed by atoms with Crippen molar-refractivity contribution in [3.8, 4) is 0 Å². The van der Waals surface area contributed by atoms with Gasteiger partial charge in [-0.2, -0.15) is 0 Å². The Kier molecular flexibility index (Phi) is 4.31. The summed E-state index contributed by atoms with van der Waals surface area (Å²) in [6.45, 7) is 9.34.